The van der Waals surface area contributed by atoms with E-state index >= 15 is 0 Å². The number of hydrogen-bond acceptors (Lipinski definition) is 5. The van der Waals surface area contributed by atoms with Crippen LogP contribution in [0.15, 0.2) is 0 Å². The van der Waals surface area contributed by atoms with E-state index in [1.54, 1.807) is 20.8 Å². The molecule has 0 aromatic rings. The average molecular weight is 370 g/mol. The molecule has 2 aliphatic rings. The van der Waals surface area contributed by atoms with E-state index in [9.17, 15) is 19.5 Å². The number of carboxylic acid groups (broad SMARTS) is 1. The molecular weight excluding hydrogens is 340 g/mol. The molecule has 4 atom stereocenters. The second kappa shape index (κ2) is 7.06. The van der Waals surface area contributed by atoms with Crippen molar-refractivity contribution >= 4 is 18.0 Å². The Morgan fingerprint density at radius 1 is 1.31 bits per heavy atom. The number of likely N-dealkylation sites (tertiary alicyclic amines) is 1. The van der Waals surface area contributed by atoms with Gasteiger partial charge < -0.3 is 25.2 Å². The number of amides is 2. The molecule has 148 valence electrons. The number of rotatable bonds is 6. The number of alkyl carbamates (subject to hydrolysis) is 1. The molecule has 8 heteroatoms. The fraction of sp³-hybridized carbons (Fsp3) is 0.833. The molecule has 2 rings (SSSR count). The van der Waals surface area contributed by atoms with Gasteiger partial charge in [0.2, 0.25) is 5.91 Å². The Labute approximate surface area is 153 Å². The molecule has 2 fully saturated rings. The summed E-state index contributed by atoms with van der Waals surface area (Å²) in [4.78, 5) is 38.1. The number of aliphatic hydroxyl groups is 1. The Morgan fingerprint density at radius 3 is 2.42 bits per heavy atom. The number of hydrogen-bond donors (Lipinski definition) is 3. The van der Waals surface area contributed by atoms with Crippen molar-refractivity contribution in [2.24, 2.45) is 17.3 Å². The molecule has 1 unspecified atom stereocenters. The van der Waals surface area contributed by atoms with Crippen LogP contribution < -0.4 is 5.32 Å². The molecule has 26 heavy (non-hydrogen) atoms. The third-order valence-corrected chi connectivity index (χ3v) is 5.38. The lowest BCUT2D eigenvalue weighted by atomic mass is 10.00. The average Bonchev–Trinajstić information content (AvgIpc) is 2.84. The van der Waals surface area contributed by atoms with Gasteiger partial charge in [0, 0.05) is 19.1 Å². The van der Waals surface area contributed by atoms with Crippen molar-refractivity contribution in [1.82, 2.24) is 10.2 Å². The van der Waals surface area contributed by atoms with Gasteiger partial charge in [-0.3, -0.25) is 4.79 Å². The Kier molecular flexibility index (Phi) is 5.56. The first-order chi connectivity index (χ1) is 11.9. The Hall–Kier alpha value is -1.83. The highest BCUT2D eigenvalue weighted by molar-refractivity contribution is 5.90. The van der Waals surface area contributed by atoms with Gasteiger partial charge in [-0.1, -0.05) is 13.8 Å². The number of carbonyl (C=O) groups excluding carboxylic acids is 2. The summed E-state index contributed by atoms with van der Waals surface area (Å²) < 4.78 is 5.20. The summed E-state index contributed by atoms with van der Waals surface area (Å²) in [5, 5.41) is 21.2. The van der Waals surface area contributed by atoms with Crippen LogP contribution in [0.4, 0.5) is 4.79 Å². The SMILES string of the molecule is CC(C)(C)OC(=O)N[C@@H](CCCO)C(=O)N1CC2[C@@H]([C@H]1C(=O)O)C2(C)C. The van der Waals surface area contributed by atoms with Crippen molar-refractivity contribution in [2.75, 3.05) is 13.2 Å². The molecule has 0 radical (unpaired) electrons. The molecule has 0 spiro atoms. The molecule has 1 aliphatic heterocycles. The molecule has 1 saturated heterocycles. The van der Waals surface area contributed by atoms with Crippen LogP contribution in [0.5, 0.6) is 0 Å². The van der Waals surface area contributed by atoms with E-state index < -0.39 is 35.7 Å². The van der Waals surface area contributed by atoms with Gasteiger partial charge in [0.25, 0.3) is 0 Å². The van der Waals surface area contributed by atoms with E-state index in [0.717, 1.165) is 0 Å². The van der Waals surface area contributed by atoms with Gasteiger partial charge >= 0.3 is 12.1 Å². The predicted octanol–water partition coefficient (Wildman–Crippen LogP) is 1.22. The maximum atomic E-state index is 13.0. The largest absolute Gasteiger partial charge is 0.480 e. The van der Waals surface area contributed by atoms with Crippen molar-refractivity contribution in [2.45, 2.75) is 65.1 Å². The lowest BCUT2D eigenvalue weighted by molar-refractivity contribution is -0.151. The summed E-state index contributed by atoms with van der Waals surface area (Å²) in [6, 6.07) is -1.79. The molecule has 1 heterocycles. The maximum Gasteiger partial charge on any atom is 0.408 e. The zero-order valence-corrected chi connectivity index (χ0v) is 16.1. The summed E-state index contributed by atoms with van der Waals surface area (Å²) in [6.45, 7) is 9.43. The standard InChI is InChI=1S/C18H30N2O6/c1-17(2,3)26-16(25)19-11(7-6-8-21)14(22)20-9-10-12(18(10,4)5)13(20)15(23)24/h10-13,21H,6-9H2,1-5H3,(H,19,25)(H,23,24)/t10?,11-,12-,13-/m0/s1. The first kappa shape index (κ1) is 20.5. The van der Waals surface area contributed by atoms with E-state index in [1.165, 1.54) is 4.90 Å². The zero-order chi connectivity index (χ0) is 19.9. The van der Waals surface area contributed by atoms with Crippen LogP contribution >= 0.6 is 0 Å². The quantitative estimate of drug-likeness (QED) is 0.647. The third-order valence-electron chi connectivity index (χ3n) is 5.38. The summed E-state index contributed by atoms with van der Waals surface area (Å²) >= 11 is 0. The number of nitrogens with one attached hydrogen (secondary N) is 1. The second-order valence-corrected chi connectivity index (χ2v) is 8.79. The van der Waals surface area contributed by atoms with E-state index in [-0.39, 0.29) is 30.3 Å². The van der Waals surface area contributed by atoms with Gasteiger partial charge in [0.15, 0.2) is 0 Å². The molecular formula is C18H30N2O6. The van der Waals surface area contributed by atoms with Gasteiger partial charge in [-0.05, 0) is 44.9 Å². The van der Waals surface area contributed by atoms with Crippen molar-refractivity contribution in [3.05, 3.63) is 0 Å². The van der Waals surface area contributed by atoms with Crippen LogP contribution in [-0.4, -0.2) is 63.9 Å². The minimum Gasteiger partial charge on any atom is -0.480 e. The Bertz CT molecular complexity index is 583. The molecule has 1 aliphatic carbocycles. The van der Waals surface area contributed by atoms with E-state index in [1.807, 2.05) is 13.8 Å². The first-order valence-electron chi connectivity index (χ1n) is 9.04. The number of carbonyl (C=O) groups is 3. The second-order valence-electron chi connectivity index (χ2n) is 8.79. The monoisotopic (exact) mass is 370 g/mol. The third kappa shape index (κ3) is 4.11. The normalized spacial score (nSPS) is 27.5. The minimum absolute atomic E-state index is 0.0658. The highest BCUT2D eigenvalue weighted by Gasteiger charge is 2.69. The molecule has 3 N–H and O–H groups in total. The van der Waals surface area contributed by atoms with E-state index in [4.69, 9.17) is 9.84 Å². The highest BCUT2D eigenvalue weighted by Crippen LogP contribution is 2.64. The fourth-order valence-electron chi connectivity index (χ4n) is 4.00. The van der Waals surface area contributed by atoms with Crippen LogP contribution in [-0.2, 0) is 14.3 Å². The summed E-state index contributed by atoms with van der Waals surface area (Å²) in [6.07, 6.45) is -0.197. The van der Waals surface area contributed by atoms with Gasteiger partial charge in [-0.15, -0.1) is 0 Å². The molecule has 8 nitrogen and oxygen atoms in total. The van der Waals surface area contributed by atoms with E-state index in [0.29, 0.717) is 13.0 Å². The topological polar surface area (TPSA) is 116 Å². The number of piperidine rings is 1. The Balaban J connectivity index is 2.11. The number of aliphatic carboxylic acids is 1. The minimum atomic E-state index is -1.02. The van der Waals surface area contributed by atoms with Crippen LogP contribution in [0.3, 0.4) is 0 Å². The van der Waals surface area contributed by atoms with Crippen molar-refractivity contribution in [1.29, 1.82) is 0 Å². The summed E-state index contributed by atoms with van der Waals surface area (Å²) in [5.41, 5.74) is -0.795. The van der Waals surface area contributed by atoms with Crippen LogP contribution in [0.1, 0.15) is 47.5 Å². The van der Waals surface area contributed by atoms with Crippen molar-refractivity contribution in [3.63, 3.8) is 0 Å². The maximum absolute atomic E-state index is 13.0. The van der Waals surface area contributed by atoms with Crippen molar-refractivity contribution < 1.29 is 29.3 Å². The molecule has 0 bridgehead atoms. The van der Waals surface area contributed by atoms with Gasteiger partial charge in [0.05, 0.1) is 0 Å². The predicted molar refractivity (Wildman–Crippen MR) is 93.4 cm³/mol. The fourth-order valence-corrected chi connectivity index (χ4v) is 4.00. The highest BCUT2D eigenvalue weighted by atomic mass is 16.6. The van der Waals surface area contributed by atoms with Crippen LogP contribution in [0.2, 0.25) is 0 Å². The number of ether oxygens (including phenoxy) is 1. The van der Waals surface area contributed by atoms with Crippen molar-refractivity contribution in [3.8, 4) is 0 Å². The first-order valence-corrected chi connectivity index (χ1v) is 9.04. The van der Waals surface area contributed by atoms with Crippen LogP contribution in [0.25, 0.3) is 0 Å². The molecule has 0 aromatic carbocycles. The number of carboxylic acids is 1. The number of aliphatic hydroxyl groups excluding tert-OH is 1. The lowest BCUT2D eigenvalue weighted by Gasteiger charge is -2.32. The summed E-state index contributed by atoms with van der Waals surface area (Å²) in [7, 11) is 0. The van der Waals surface area contributed by atoms with Crippen LogP contribution in [0, 0.1) is 17.3 Å². The molecule has 0 aromatic heterocycles. The number of nitrogens with zero attached hydrogens (tertiary/aromatic N) is 1. The molecule has 2 amide bonds. The van der Waals surface area contributed by atoms with Gasteiger partial charge in [-0.2, -0.15) is 0 Å². The lowest BCUT2D eigenvalue weighted by Crippen LogP contribution is -2.54. The smallest absolute Gasteiger partial charge is 0.408 e. The summed E-state index contributed by atoms with van der Waals surface area (Å²) in [5.74, 6) is -1.36. The van der Waals surface area contributed by atoms with E-state index in [2.05, 4.69) is 5.32 Å². The number of fused-ring (bicyclic) bond motifs is 1. The zero-order valence-electron chi connectivity index (χ0n) is 16.1. The van der Waals surface area contributed by atoms with Gasteiger partial charge in [0.1, 0.15) is 17.7 Å². The van der Waals surface area contributed by atoms with Gasteiger partial charge in [-0.25, -0.2) is 9.59 Å². The Morgan fingerprint density at radius 2 is 1.92 bits per heavy atom. The molecule has 1 saturated carbocycles.